The molecule has 0 heterocycles. The van der Waals surface area contributed by atoms with Gasteiger partial charge < -0.3 is 15.1 Å². The molecule has 0 amide bonds. The summed E-state index contributed by atoms with van der Waals surface area (Å²) in [6.45, 7) is 0. The lowest BCUT2D eigenvalue weighted by molar-refractivity contribution is -0.129. The molecular formula is C9H8ClNO4. The average molecular weight is 230 g/mol. The number of halogens is 1. The van der Waals surface area contributed by atoms with Gasteiger partial charge in [0.1, 0.15) is 12.9 Å². The first-order chi connectivity index (χ1) is 7.06. The number of phenolic OH excluding ortho intramolecular Hbond substituents is 1. The van der Waals surface area contributed by atoms with Gasteiger partial charge in [0.25, 0.3) is 0 Å². The van der Waals surface area contributed by atoms with E-state index in [0.717, 1.165) is 0 Å². The summed E-state index contributed by atoms with van der Waals surface area (Å²) < 4.78 is 0. The van der Waals surface area contributed by atoms with Crippen molar-refractivity contribution in [2.45, 2.75) is 0 Å². The van der Waals surface area contributed by atoms with Crippen LogP contribution in [0.2, 0.25) is 5.02 Å². The first-order valence-electron chi connectivity index (χ1n) is 3.89. The molecule has 0 aromatic heterocycles. The molecule has 2 N–H and O–H groups in total. The molecule has 6 heteroatoms. The van der Waals surface area contributed by atoms with E-state index in [1.807, 2.05) is 0 Å². The Balaban J connectivity index is 3.19. The van der Waals surface area contributed by atoms with Crippen molar-refractivity contribution in [2.75, 3.05) is 7.11 Å². The Morgan fingerprint density at radius 2 is 2.20 bits per heavy atom. The molecular weight excluding hydrogens is 222 g/mol. The molecule has 80 valence electrons. The van der Waals surface area contributed by atoms with Gasteiger partial charge in [0, 0.05) is 5.56 Å². The van der Waals surface area contributed by atoms with Gasteiger partial charge in [-0.3, -0.25) is 0 Å². The third-order valence-electron chi connectivity index (χ3n) is 1.61. The van der Waals surface area contributed by atoms with E-state index in [0.29, 0.717) is 0 Å². The van der Waals surface area contributed by atoms with Crippen LogP contribution in [0.3, 0.4) is 0 Å². The van der Waals surface area contributed by atoms with Crippen LogP contribution in [0.4, 0.5) is 0 Å². The van der Waals surface area contributed by atoms with Crippen molar-refractivity contribution in [3.8, 4) is 5.75 Å². The predicted octanol–water partition coefficient (Wildman–Crippen LogP) is 1.48. The number of oxime groups is 1. The summed E-state index contributed by atoms with van der Waals surface area (Å²) in [5, 5.41) is 21.3. The molecule has 1 rings (SSSR count). The van der Waals surface area contributed by atoms with Gasteiger partial charge in [0.15, 0.2) is 5.71 Å². The zero-order valence-electron chi connectivity index (χ0n) is 7.77. The highest BCUT2D eigenvalue weighted by molar-refractivity contribution is 6.43. The number of carboxylic acid groups (broad SMARTS) is 1. The van der Waals surface area contributed by atoms with Crippen LogP contribution in [0.15, 0.2) is 23.4 Å². The van der Waals surface area contributed by atoms with Gasteiger partial charge in [0.2, 0.25) is 0 Å². The quantitative estimate of drug-likeness (QED) is 0.608. The maximum Gasteiger partial charge on any atom is 0.358 e. The number of nitrogens with zero attached hydrogens (tertiary/aromatic N) is 1. The maximum atomic E-state index is 10.8. The smallest absolute Gasteiger partial charge is 0.358 e. The number of benzene rings is 1. The third-order valence-corrected chi connectivity index (χ3v) is 1.91. The van der Waals surface area contributed by atoms with Crippen molar-refractivity contribution < 1.29 is 19.8 Å². The predicted molar refractivity (Wildman–Crippen MR) is 54.3 cm³/mol. The molecule has 15 heavy (non-hydrogen) atoms. The van der Waals surface area contributed by atoms with Crippen LogP contribution < -0.4 is 0 Å². The number of aliphatic carboxylic acids is 1. The minimum Gasteiger partial charge on any atom is -0.506 e. The Kier molecular flexibility index (Phi) is 3.51. The average Bonchev–Trinajstić information content (AvgIpc) is 2.18. The Morgan fingerprint density at radius 3 is 2.67 bits per heavy atom. The van der Waals surface area contributed by atoms with Gasteiger partial charge in [-0.15, -0.1) is 0 Å². The molecule has 5 nitrogen and oxygen atoms in total. The Labute approximate surface area is 90.5 Å². The second kappa shape index (κ2) is 4.65. The lowest BCUT2D eigenvalue weighted by Gasteiger charge is -2.02. The van der Waals surface area contributed by atoms with Crippen LogP contribution in [0.25, 0.3) is 0 Å². The number of phenols is 1. The minimum absolute atomic E-state index is 0.0533. The fourth-order valence-corrected chi connectivity index (χ4v) is 1.14. The second-order valence-corrected chi connectivity index (χ2v) is 3.00. The van der Waals surface area contributed by atoms with E-state index in [1.165, 1.54) is 25.3 Å². The molecule has 0 aliphatic rings. The summed E-state index contributed by atoms with van der Waals surface area (Å²) >= 11 is 5.62. The zero-order valence-corrected chi connectivity index (χ0v) is 8.52. The van der Waals surface area contributed by atoms with Crippen molar-refractivity contribution in [3.63, 3.8) is 0 Å². The number of hydrogen-bond donors (Lipinski definition) is 2. The van der Waals surface area contributed by atoms with Crippen LogP contribution in [0, 0.1) is 0 Å². The molecule has 0 unspecified atom stereocenters. The van der Waals surface area contributed by atoms with E-state index in [2.05, 4.69) is 9.99 Å². The number of carbonyl (C=O) groups is 1. The number of rotatable bonds is 3. The van der Waals surface area contributed by atoms with Crippen molar-refractivity contribution in [3.05, 3.63) is 28.8 Å². The van der Waals surface area contributed by atoms with Crippen LogP contribution in [-0.4, -0.2) is 29.0 Å². The van der Waals surface area contributed by atoms with E-state index in [1.54, 1.807) is 0 Å². The van der Waals surface area contributed by atoms with E-state index >= 15 is 0 Å². The number of carboxylic acids is 1. The first-order valence-corrected chi connectivity index (χ1v) is 4.27. The Morgan fingerprint density at radius 1 is 1.53 bits per heavy atom. The van der Waals surface area contributed by atoms with Gasteiger partial charge in [0.05, 0.1) is 5.02 Å². The van der Waals surface area contributed by atoms with Crippen LogP contribution >= 0.6 is 11.6 Å². The summed E-state index contributed by atoms with van der Waals surface area (Å²) in [4.78, 5) is 15.2. The molecule has 0 bridgehead atoms. The van der Waals surface area contributed by atoms with E-state index in [4.69, 9.17) is 21.8 Å². The van der Waals surface area contributed by atoms with Gasteiger partial charge >= 0.3 is 5.97 Å². The lowest BCUT2D eigenvalue weighted by atomic mass is 10.1. The zero-order chi connectivity index (χ0) is 11.4. The molecule has 0 saturated carbocycles. The summed E-state index contributed by atoms with van der Waals surface area (Å²) in [5.74, 6) is -1.36. The number of aromatic hydroxyl groups is 1. The van der Waals surface area contributed by atoms with Gasteiger partial charge in [-0.2, -0.15) is 0 Å². The fraction of sp³-hybridized carbons (Fsp3) is 0.111. The monoisotopic (exact) mass is 229 g/mol. The molecule has 0 atom stereocenters. The normalized spacial score (nSPS) is 11.2. The van der Waals surface area contributed by atoms with Crippen LogP contribution in [-0.2, 0) is 9.63 Å². The van der Waals surface area contributed by atoms with Gasteiger partial charge in [-0.1, -0.05) is 16.8 Å². The maximum absolute atomic E-state index is 10.8. The number of hydrogen-bond acceptors (Lipinski definition) is 4. The summed E-state index contributed by atoms with van der Waals surface area (Å²) in [6.07, 6.45) is 0. The highest BCUT2D eigenvalue weighted by Gasteiger charge is 2.14. The molecule has 0 spiro atoms. The molecule has 0 saturated heterocycles. The minimum atomic E-state index is -1.24. The molecule has 0 aliphatic heterocycles. The van der Waals surface area contributed by atoms with E-state index in [9.17, 15) is 4.79 Å². The summed E-state index contributed by atoms with van der Waals surface area (Å²) in [6, 6.07) is 3.96. The van der Waals surface area contributed by atoms with Crippen molar-refractivity contribution >= 4 is 23.3 Å². The first kappa shape index (κ1) is 11.3. The molecule has 0 fully saturated rings. The molecule has 1 aromatic carbocycles. The van der Waals surface area contributed by atoms with Crippen LogP contribution in [0.1, 0.15) is 5.56 Å². The Bertz CT molecular complexity index is 417. The van der Waals surface area contributed by atoms with Crippen molar-refractivity contribution in [1.29, 1.82) is 0 Å². The largest absolute Gasteiger partial charge is 0.506 e. The van der Waals surface area contributed by atoms with Gasteiger partial charge in [-0.05, 0) is 18.2 Å². The lowest BCUT2D eigenvalue weighted by Crippen LogP contribution is -2.14. The molecule has 0 radical (unpaired) electrons. The fourth-order valence-electron chi connectivity index (χ4n) is 0.961. The van der Waals surface area contributed by atoms with Crippen molar-refractivity contribution in [2.24, 2.45) is 5.16 Å². The van der Waals surface area contributed by atoms with Crippen LogP contribution in [0.5, 0.6) is 5.75 Å². The SMILES string of the molecule is CO/N=C(/C(=O)O)c1ccc(O)c(Cl)c1. The molecule has 0 aliphatic carbocycles. The summed E-state index contributed by atoms with van der Waals surface area (Å²) in [5.41, 5.74) is -0.0217. The van der Waals surface area contributed by atoms with E-state index in [-0.39, 0.29) is 22.0 Å². The van der Waals surface area contributed by atoms with Gasteiger partial charge in [-0.25, -0.2) is 4.79 Å². The van der Waals surface area contributed by atoms with Crippen molar-refractivity contribution in [1.82, 2.24) is 0 Å². The standard InChI is InChI=1S/C9H8ClNO4/c1-15-11-8(9(13)14)5-2-3-7(12)6(10)4-5/h2-4,12H,1H3,(H,13,14)/b11-8+. The topological polar surface area (TPSA) is 79.1 Å². The highest BCUT2D eigenvalue weighted by Crippen LogP contribution is 2.24. The summed E-state index contributed by atoms with van der Waals surface area (Å²) in [7, 11) is 1.24. The highest BCUT2D eigenvalue weighted by atomic mass is 35.5. The third kappa shape index (κ3) is 2.60. The second-order valence-electron chi connectivity index (χ2n) is 2.59. The van der Waals surface area contributed by atoms with E-state index < -0.39 is 5.97 Å². The molecule has 1 aromatic rings. The Hall–Kier alpha value is -1.75.